The summed E-state index contributed by atoms with van der Waals surface area (Å²) in [6.07, 6.45) is 2.04. The predicted molar refractivity (Wildman–Crippen MR) is 84.4 cm³/mol. The molecule has 0 bridgehead atoms. The van der Waals surface area contributed by atoms with E-state index in [0.29, 0.717) is 5.88 Å². The van der Waals surface area contributed by atoms with Gasteiger partial charge in [-0.1, -0.05) is 12.1 Å². The summed E-state index contributed by atoms with van der Waals surface area (Å²) in [7, 11) is 0. The normalized spacial score (nSPS) is 11.2. The molecular weight excluding hydrogens is 268 g/mol. The van der Waals surface area contributed by atoms with Gasteiger partial charge in [-0.3, -0.25) is 0 Å². The minimum absolute atomic E-state index is 0.451. The third kappa shape index (κ3) is 2.10. The highest BCUT2D eigenvalue weighted by Crippen LogP contribution is 2.27. The quantitative estimate of drug-likeness (QED) is 0.625. The maximum Gasteiger partial charge on any atom is 0.137 e. The number of aryl methyl sites for hydroxylation is 3. The van der Waals surface area contributed by atoms with E-state index < -0.39 is 0 Å². The Morgan fingerprint density at radius 3 is 2.55 bits per heavy atom. The summed E-state index contributed by atoms with van der Waals surface area (Å²) in [5.74, 6) is 0.451. The number of hydrogen-bond acceptors (Lipinski definition) is 1. The van der Waals surface area contributed by atoms with Crippen LogP contribution in [0.25, 0.3) is 16.9 Å². The van der Waals surface area contributed by atoms with Crippen LogP contribution in [0.4, 0.5) is 0 Å². The molecule has 20 heavy (non-hydrogen) atoms. The van der Waals surface area contributed by atoms with Gasteiger partial charge in [-0.25, -0.2) is 4.98 Å². The number of rotatable bonds is 2. The lowest BCUT2D eigenvalue weighted by atomic mass is 10.0. The van der Waals surface area contributed by atoms with Crippen LogP contribution in [0.3, 0.4) is 0 Å². The fourth-order valence-corrected chi connectivity index (χ4v) is 2.70. The molecule has 0 fully saturated rings. The van der Waals surface area contributed by atoms with Gasteiger partial charge >= 0.3 is 0 Å². The number of aromatic nitrogens is 2. The van der Waals surface area contributed by atoms with Crippen LogP contribution in [0.15, 0.2) is 36.5 Å². The second-order valence-electron chi connectivity index (χ2n) is 5.27. The molecule has 0 atom stereocenters. The monoisotopic (exact) mass is 284 g/mol. The molecule has 3 rings (SSSR count). The topological polar surface area (TPSA) is 17.3 Å². The Bertz CT molecular complexity index is 787. The molecule has 3 heteroatoms. The summed E-state index contributed by atoms with van der Waals surface area (Å²) in [5.41, 5.74) is 7.88. The molecule has 0 aliphatic heterocycles. The van der Waals surface area contributed by atoms with Crippen LogP contribution in [0.5, 0.6) is 0 Å². The van der Waals surface area contributed by atoms with Gasteiger partial charge < -0.3 is 4.40 Å². The summed E-state index contributed by atoms with van der Waals surface area (Å²) in [5, 5.41) is 0. The molecular formula is C17H17ClN2. The first-order valence-corrected chi connectivity index (χ1v) is 7.25. The van der Waals surface area contributed by atoms with Crippen LogP contribution in [0.2, 0.25) is 0 Å². The number of imidazole rings is 1. The Balaban J connectivity index is 2.26. The van der Waals surface area contributed by atoms with Gasteiger partial charge in [-0.2, -0.15) is 0 Å². The lowest BCUT2D eigenvalue weighted by Crippen LogP contribution is -1.92. The van der Waals surface area contributed by atoms with E-state index in [1.807, 2.05) is 6.20 Å². The fourth-order valence-electron chi connectivity index (χ4n) is 2.44. The third-order valence-electron chi connectivity index (χ3n) is 3.79. The minimum atomic E-state index is 0.451. The number of alkyl halides is 1. The highest BCUT2D eigenvalue weighted by molar-refractivity contribution is 6.17. The van der Waals surface area contributed by atoms with Crippen molar-refractivity contribution in [3.63, 3.8) is 0 Å². The minimum Gasteiger partial charge on any atom is -0.302 e. The summed E-state index contributed by atoms with van der Waals surface area (Å²) >= 11 is 6.15. The molecule has 0 unspecified atom stereocenters. The first kappa shape index (κ1) is 13.2. The van der Waals surface area contributed by atoms with Gasteiger partial charge in [0.2, 0.25) is 0 Å². The Morgan fingerprint density at radius 2 is 1.85 bits per heavy atom. The molecule has 0 aliphatic carbocycles. The highest BCUT2D eigenvalue weighted by Gasteiger charge is 2.13. The first-order chi connectivity index (χ1) is 9.60. The van der Waals surface area contributed by atoms with Crippen molar-refractivity contribution < 1.29 is 0 Å². The second-order valence-corrected chi connectivity index (χ2v) is 5.54. The van der Waals surface area contributed by atoms with E-state index in [1.165, 1.54) is 16.7 Å². The van der Waals surface area contributed by atoms with E-state index in [2.05, 4.69) is 55.5 Å². The van der Waals surface area contributed by atoms with Gasteiger partial charge in [0.1, 0.15) is 5.65 Å². The summed E-state index contributed by atoms with van der Waals surface area (Å²) in [6.45, 7) is 6.32. The maximum atomic E-state index is 6.15. The second kappa shape index (κ2) is 4.95. The van der Waals surface area contributed by atoms with E-state index in [1.54, 1.807) is 0 Å². The number of pyridine rings is 1. The van der Waals surface area contributed by atoms with Crippen LogP contribution < -0.4 is 0 Å². The zero-order chi connectivity index (χ0) is 14.3. The van der Waals surface area contributed by atoms with Gasteiger partial charge in [-0.05, 0) is 55.7 Å². The van der Waals surface area contributed by atoms with E-state index in [4.69, 9.17) is 16.6 Å². The third-order valence-corrected chi connectivity index (χ3v) is 4.04. The van der Waals surface area contributed by atoms with Crippen molar-refractivity contribution in [1.29, 1.82) is 0 Å². The zero-order valence-electron chi connectivity index (χ0n) is 11.9. The van der Waals surface area contributed by atoms with Crippen molar-refractivity contribution in [3.8, 4) is 11.3 Å². The van der Waals surface area contributed by atoms with Crippen LogP contribution in [0.1, 0.15) is 22.4 Å². The zero-order valence-corrected chi connectivity index (χ0v) is 12.7. The van der Waals surface area contributed by atoms with E-state index in [9.17, 15) is 0 Å². The molecule has 102 valence electrons. The lowest BCUT2D eigenvalue weighted by molar-refractivity contribution is 1.08. The van der Waals surface area contributed by atoms with Crippen LogP contribution in [-0.2, 0) is 5.88 Å². The molecule has 2 aromatic heterocycles. The molecule has 0 aliphatic rings. The number of hydrogen-bond donors (Lipinski definition) is 0. The molecule has 0 spiro atoms. The predicted octanol–water partition coefficient (Wildman–Crippen LogP) is 4.67. The lowest BCUT2D eigenvalue weighted by Gasteiger charge is -2.05. The van der Waals surface area contributed by atoms with E-state index in [-0.39, 0.29) is 0 Å². The smallest absolute Gasteiger partial charge is 0.137 e. The van der Waals surface area contributed by atoms with Crippen molar-refractivity contribution in [1.82, 2.24) is 9.38 Å². The van der Waals surface area contributed by atoms with E-state index in [0.717, 1.165) is 22.6 Å². The van der Waals surface area contributed by atoms with Gasteiger partial charge in [0.15, 0.2) is 0 Å². The number of halogens is 1. The number of fused-ring (bicyclic) bond motifs is 1. The van der Waals surface area contributed by atoms with Crippen LogP contribution in [0, 0.1) is 20.8 Å². The van der Waals surface area contributed by atoms with Crippen molar-refractivity contribution in [2.45, 2.75) is 26.7 Å². The Morgan fingerprint density at radius 1 is 1.05 bits per heavy atom. The average Bonchev–Trinajstić information content (AvgIpc) is 2.79. The molecule has 0 N–H and O–H groups in total. The van der Waals surface area contributed by atoms with Gasteiger partial charge in [-0.15, -0.1) is 11.6 Å². The fraction of sp³-hybridized carbons (Fsp3) is 0.235. The number of nitrogens with zero attached hydrogens (tertiary/aromatic N) is 2. The van der Waals surface area contributed by atoms with Crippen LogP contribution in [-0.4, -0.2) is 9.38 Å². The molecule has 2 nitrogen and oxygen atoms in total. The number of benzene rings is 1. The van der Waals surface area contributed by atoms with Gasteiger partial charge in [0.25, 0.3) is 0 Å². The van der Waals surface area contributed by atoms with Crippen molar-refractivity contribution in [2.75, 3.05) is 0 Å². The molecule has 3 aromatic rings. The first-order valence-electron chi connectivity index (χ1n) is 6.71. The van der Waals surface area contributed by atoms with Crippen molar-refractivity contribution in [3.05, 3.63) is 58.9 Å². The van der Waals surface area contributed by atoms with Crippen LogP contribution >= 0.6 is 11.6 Å². The standard InChI is InChI=1S/C17H17ClN2/c1-11-6-7-20-15(10-18)17(19-16(20)8-11)14-5-4-12(2)13(3)9-14/h4-9H,10H2,1-3H3. The Labute approximate surface area is 124 Å². The highest BCUT2D eigenvalue weighted by atomic mass is 35.5. The molecule has 0 amide bonds. The summed E-state index contributed by atoms with van der Waals surface area (Å²) in [4.78, 5) is 4.76. The molecule has 0 saturated heterocycles. The Hall–Kier alpha value is -1.80. The van der Waals surface area contributed by atoms with E-state index >= 15 is 0 Å². The molecule has 1 aromatic carbocycles. The maximum absolute atomic E-state index is 6.15. The van der Waals surface area contributed by atoms with Gasteiger partial charge in [0, 0.05) is 11.8 Å². The molecule has 0 radical (unpaired) electrons. The van der Waals surface area contributed by atoms with Crippen molar-refractivity contribution >= 4 is 17.2 Å². The summed E-state index contributed by atoms with van der Waals surface area (Å²) < 4.78 is 2.07. The summed E-state index contributed by atoms with van der Waals surface area (Å²) in [6, 6.07) is 10.6. The Kier molecular flexibility index (Phi) is 3.27. The molecule has 2 heterocycles. The SMILES string of the molecule is Cc1ccn2c(CCl)c(-c3ccc(C)c(C)c3)nc2c1. The average molecular weight is 285 g/mol. The van der Waals surface area contributed by atoms with Gasteiger partial charge in [0.05, 0.1) is 17.3 Å². The largest absolute Gasteiger partial charge is 0.302 e. The van der Waals surface area contributed by atoms with Crippen molar-refractivity contribution in [2.24, 2.45) is 0 Å². The molecule has 0 saturated carbocycles.